The highest BCUT2D eigenvalue weighted by Gasteiger charge is 2.19. The lowest BCUT2D eigenvalue weighted by molar-refractivity contribution is -0.167. The van der Waals surface area contributed by atoms with Gasteiger partial charge in [-0.05, 0) is 70.6 Å². The highest BCUT2D eigenvalue weighted by Crippen LogP contribution is 2.18. The molecule has 0 fully saturated rings. The van der Waals surface area contributed by atoms with E-state index in [1.807, 2.05) is 0 Å². The first-order valence-corrected chi connectivity index (χ1v) is 35.5. The van der Waals surface area contributed by atoms with E-state index in [9.17, 15) is 14.4 Å². The smallest absolute Gasteiger partial charge is 0.306 e. The molecule has 0 aliphatic rings. The van der Waals surface area contributed by atoms with E-state index in [1.165, 1.54) is 276 Å². The predicted octanol–water partition coefficient (Wildman–Crippen LogP) is 24.3. The molecule has 0 aromatic heterocycles. The summed E-state index contributed by atoms with van der Waals surface area (Å²) in [5.41, 5.74) is 0. The van der Waals surface area contributed by atoms with E-state index in [4.69, 9.17) is 14.2 Å². The predicted molar refractivity (Wildman–Crippen MR) is 344 cm³/mol. The lowest BCUT2D eigenvalue weighted by atomic mass is 10.0. The zero-order valence-electron chi connectivity index (χ0n) is 53.4. The van der Waals surface area contributed by atoms with Gasteiger partial charge in [-0.15, -0.1) is 0 Å². The van der Waals surface area contributed by atoms with Crippen molar-refractivity contribution in [1.82, 2.24) is 0 Å². The number of hydrogen-bond donors (Lipinski definition) is 0. The molecule has 0 rings (SSSR count). The SMILES string of the molecule is CCCC/C=C\C/C=C\CCCCCCCC(=O)OCC(COC(=O)CCCCCCCCCCCCCCCCC/C=C\CCCCCCCCCC)OC(=O)CCCCCCCCCCCCCCCCCCCCCC. The van der Waals surface area contributed by atoms with Gasteiger partial charge in [0.2, 0.25) is 0 Å². The van der Waals surface area contributed by atoms with Crippen LogP contribution >= 0.6 is 0 Å². The maximum absolute atomic E-state index is 12.9. The minimum absolute atomic E-state index is 0.0714. The minimum Gasteiger partial charge on any atom is -0.462 e. The zero-order valence-corrected chi connectivity index (χ0v) is 53.4. The molecule has 1 atom stereocenters. The van der Waals surface area contributed by atoms with Crippen molar-refractivity contribution in [3.05, 3.63) is 36.5 Å². The third-order valence-electron chi connectivity index (χ3n) is 16.1. The summed E-state index contributed by atoms with van der Waals surface area (Å²) >= 11 is 0. The topological polar surface area (TPSA) is 78.9 Å². The summed E-state index contributed by atoms with van der Waals surface area (Å²) in [5.74, 6) is -0.857. The Bertz CT molecular complexity index is 1320. The van der Waals surface area contributed by atoms with Crippen molar-refractivity contribution in [2.75, 3.05) is 13.2 Å². The maximum Gasteiger partial charge on any atom is 0.306 e. The number of unbranched alkanes of at least 4 members (excludes halogenated alkanes) is 49. The van der Waals surface area contributed by atoms with Gasteiger partial charge in [-0.3, -0.25) is 14.4 Å². The van der Waals surface area contributed by atoms with E-state index in [1.54, 1.807) is 0 Å². The Kier molecular flexibility index (Phi) is 66.1. The van der Waals surface area contributed by atoms with Crippen molar-refractivity contribution in [1.29, 1.82) is 0 Å². The Morgan fingerprint density at radius 2 is 0.468 bits per heavy atom. The molecule has 0 bridgehead atoms. The molecule has 0 aromatic rings. The van der Waals surface area contributed by atoms with Crippen LogP contribution in [-0.2, 0) is 28.6 Å². The first-order valence-electron chi connectivity index (χ1n) is 35.5. The van der Waals surface area contributed by atoms with Gasteiger partial charge < -0.3 is 14.2 Å². The lowest BCUT2D eigenvalue weighted by Gasteiger charge is -2.18. The molecule has 0 aliphatic carbocycles. The van der Waals surface area contributed by atoms with Crippen molar-refractivity contribution < 1.29 is 28.6 Å². The highest BCUT2D eigenvalue weighted by molar-refractivity contribution is 5.71. The van der Waals surface area contributed by atoms with Crippen LogP contribution < -0.4 is 0 Å². The van der Waals surface area contributed by atoms with E-state index in [0.717, 1.165) is 77.0 Å². The summed E-state index contributed by atoms with van der Waals surface area (Å²) in [6, 6.07) is 0. The van der Waals surface area contributed by atoms with E-state index >= 15 is 0 Å². The second-order valence-electron chi connectivity index (χ2n) is 24.1. The van der Waals surface area contributed by atoms with Crippen molar-refractivity contribution in [3.63, 3.8) is 0 Å². The fourth-order valence-electron chi connectivity index (χ4n) is 10.8. The molecule has 79 heavy (non-hydrogen) atoms. The first-order chi connectivity index (χ1) is 39.0. The van der Waals surface area contributed by atoms with Crippen molar-refractivity contribution >= 4 is 17.9 Å². The monoisotopic (exact) mass is 1110 g/mol. The molecule has 0 aliphatic heterocycles. The Balaban J connectivity index is 4.23. The van der Waals surface area contributed by atoms with Crippen LogP contribution in [0.3, 0.4) is 0 Å². The standard InChI is InChI=1S/C73H136O6/c1-4-7-10-13-16-19-22-25-28-30-32-34-35-36-37-38-39-40-42-43-45-48-51-54-57-60-63-66-72(75)78-69-70(68-77-71(74)65-62-59-56-53-50-47-27-24-21-18-15-12-9-6-3)79-73(76)67-64-61-58-55-52-49-46-44-41-33-31-29-26-23-20-17-14-11-8-5-2/h15,18,24,27,30,32,70H,4-14,16-17,19-23,25-26,28-29,31,33-69H2,1-3H3/b18-15-,27-24-,32-30-. The number of carbonyl (C=O) groups excluding carboxylic acids is 3. The van der Waals surface area contributed by atoms with Gasteiger partial charge in [-0.2, -0.15) is 0 Å². The number of hydrogen-bond acceptors (Lipinski definition) is 6. The van der Waals surface area contributed by atoms with Gasteiger partial charge in [-0.1, -0.05) is 340 Å². The Morgan fingerprint density at radius 1 is 0.253 bits per heavy atom. The van der Waals surface area contributed by atoms with Crippen LogP contribution in [0, 0.1) is 0 Å². The summed E-state index contributed by atoms with van der Waals surface area (Å²) in [5, 5.41) is 0. The molecular weight excluding hydrogens is 973 g/mol. The van der Waals surface area contributed by atoms with Crippen LogP contribution in [-0.4, -0.2) is 37.2 Å². The molecule has 0 radical (unpaired) electrons. The van der Waals surface area contributed by atoms with Crippen LogP contribution in [0.2, 0.25) is 0 Å². The van der Waals surface area contributed by atoms with Crippen molar-refractivity contribution in [3.8, 4) is 0 Å². The molecule has 0 saturated heterocycles. The number of carbonyl (C=O) groups is 3. The molecule has 0 amide bonds. The van der Waals surface area contributed by atoms with Crippen LogP contribution in [0.1, 0.15) is 393 Å². The third kappa shape index (κ3) is 66.3. The van der Waals surface area contributed by atoms with Gasteiger partial charge in [0.05, 0.1) is 0 Å². The third-order valence-corrected chi connectivity index (χ3v) is 16.1. The largest absolute Gasteiger partial charge is 0.462 e. The van der Waals surface area contributed by atoms with Gasteiger partial charge >= 0.3 is 17.9 Å². The average Bonchev–Trinajstić information content (AvgIpc) is 3.45. The number of allylic oxidation sites excluding steroid dienone is 6. The Labute approximate surface area is 493 Å². The zero-order chi connectivity index (χ0) is 57.1. The molecule has 6 nitrogen and oxygen atoms in total. The first kappa shape index (κ1) is 76.6. The van der Waals surface area contributed by atoms with Crippen LogP contribution in [0.4, 0.5) is 0 Å². The van der Waals surface area contributed by atoms with Crippen LogP contribution in [0.25, 0.3) is 0 Å². The molecule has 1 unspecified atom stereocenters. The molecular formula is C73H136O6. The summed E-state index contributed by atoms with van der Waals surface area (Å²) in [4.78, 5) is 38.4. The average molecular weight is 1110 g/mol. The molecule has 0 aromatic carbocycles. The molecule has 464 valence electrons. The quantitative estimate of drug-likeness (QED) is 0.0261. The minimum atomic E-state index is -0.776. The van der Waals surface area contributed by atoms with Gasteiger partial charge in [0.15, 0.2) is 6.10 Å². The number of ether oxygens (including phenoxy) is 3. The molecule has 6 heteroatoms. The highest BCUT2D eigenvalue weighted by atomic mass is 16.6. The van der Waals surface area contributed by atoms with E-state index < -0.39 is 6.10 Å². The Morgan fingerprint density at radius 3 is 0.747 bits per heavy atom. The van der Waals surface area contributed by atoms with E-state index in [0.29, 0.717) is 19.3 Å². The van der Waals surface area contributed by atoms with Crippen molar-refractivity contribution in [2.24, 2.45) is 0 Å². The van der Waals surface area contributed by atoms with E-state index in [2.05, 4.69) is 57.2 Å². The van der Waals surface area contributed by atoms with Crippen LogP contribution in [0.5, 0.6) is 0 Å². The van der Waals surface area contributed by atoms with E-state index in [-0.39, 0.29) is 31.1 Å². The fourth-order valence-corrected chi connectivity index (χ4v) is 10.8. The van der Waals surface area contributed by atoms with Gasteiger partial charge in [-0.25, -0.2) is 0 Å². The maximum atomic E-state index is 12.9. The molecule has 0 N–H and O–H groups in total. The summed E-state index contributed by atoms with van der Waals surface area (Å²) in [6.07, 6.45) is 84.6. The number of rotatable bonds is 66. The number of esters is 3. The second-order valence-corrected chi connectivity index (χ2v) is 24.1. The van der Waals surface area contributed by atoms with Crippen molar-refractivity contribution in [2.45, 2.75) is 399 Å². The Hall–Kier alpha value is -2.37. The molecule has 0 heterocycles. The van der Waals surface area contributed by atoms with Gasteiger partial charge in [0.25, 0.3) is 0 Å². The van der Waals surface area contributed by atoms with Crippen LogP contribution in [0.15, 0.2) is 36.5 Å². The van der Waals surface area contributed by atoms with Gasteiger partial charge in [0.1, 0.15) is 13.2 Å². The summed E-state index contributed by atoms with van der Waals surface area (Å²) in [7, 11) is 0. The molecule has 0 spiro atoms. The normalized spacial score (nSPS) is 12.2. The summed E-state index contributed by atoms with van der Waals surface area (Å²) < 4.78 is 17.0. The fraction of sp³-hybridized carbons (Fsp3) is 0.877. The van der Waals surface area contributed by atoms with Gasteiger partial charge in [0, 0.05) is 19.3 Å². The summed E-state index contributed by atoms with van der Waals surface area (Å²) in [6.45, 7) is 6.66. The lowest BCUT2D eigenvalue weighted by Crippen LogP contribution is -2.30. The second kappa shape index (κ2) is 68.1. The molecule has 0 saturated carbocycles.